The third kappa shape index (κ3) is 2.65. The Labute approximate surface area is 110 Å². The molecule has 2 rings (SSSR count). The second-order valence-electron chi connectivity index (χ2n) is 4.35. The van der Waals surface area contributed by atoms with Crippen molar-refractivity contribution in [2.45, 2.75) is 30.4 Å². The van der Waals surface area contributed by atoms with E-state index >= 15 is 0 Å². The Bertz CT molecular complexity index is 559. The molecule has 0 amide bonds. The van der Waals surface area contributed by atoms with E-state index in [9.17, 15) is 13.2 Å². The summed E-state index contributed by atoms with van der Waals surface area (Å²) in [4.78, 5) is 10.7. The molecule has 0 unspecified atom stereocenters. The second kappa shape index (κ2) is 5.32. The van der Waals surface area contributed by atoms with Gasteiger partial charge in [-0.1, -0.05) is 6.42 Å². The van der Waals surface area contributed by atoms with Crippen LogP contribution in [-0.4, -0.2) is 48.1 Å². The molecule has 7 nitrogen and oxygen atoms in total. The monoisotopic (exact) mass is 289 g/mol. The summed E-state index contributed by atoms with van der Waals surface area (Å²) in [5.74, 6) is -1.74. The van der Waals surface area contributed by atoms with Crippen molar-refractivity contribution in [2.75, 3.05) is 13.2 Å². The third-order valence-electron chi connectivity index (χ3n) is 3.16. The van der Waals surface area contributed by atoms with Crippen LogP contribution in [0.2, 0.25) is 0 Å². The summed E-state index contributed by atoms with van der Waals surface area (Å²) < 4.78 is 30.7. The molecule has 0 saturated heterocycles. The number of hydrogen-bond acceptors (Lipinski definition) is 5. The van der Waals surface area contributed by atoms with Crippen LogP contribution < -0.4 is 0 Å². The SMILES string of the molecule is O=C(O)c1ccc(S(=O)(=O)N(CCO)C2CCC2)o1. The minimum Gasteiger partial charge on any atom is -0.475 e. The molecule has 8 heteroatoms. The lowest BCUT2D eigenvalue weighted by molar-refractivity contribution is 0.0655. The van der Waals surface area contributed by atoms with Crippen LogP contribution in [0.1, 0.15) is 29.8 Å². The number of aliphatic hydroxyl groups excluding tert-OH is 1. The maximum absolute atomic E-state index is 12.3. The number of aliphatic hydroxyl groups is 1. The molecule has 0 radical (unpaired) electrons. The maximum atomic E-state index is 12.3. The first kappa shape index (κ1) is 14.0. The number of nitrogens with zero attached hydrogens (tertiary/aromatic N) is 1. The molecule has 19 heavy (non-hydrogen) atoms. The smallest absolute Gasteiger partial charge is 0.371 e. The fourth-order valence-corrected chi connectivity index (χ4v) is 3.55. The van der Waals surface area contributed by atoms with Crippen molar-refractivity contribution in [1.82, 2.24) is 4.31 Å². The predicted octanol–water partition coefficient (Wildman–Crippen LogP) is 0.513. The largest absolute Gasteiger partial charge is 0.475 e. The Morgan fingerprint density at radius 1 is 1.42 bits per heavy atom. The molecule has 0 spiro atoms. The molecule has 1 aromatic rings. The highest BCUT2D eigenvalue weighted by atomic mass is 32.2. The quantitative estimate of drug-likeness (QED) is 0.790. The molecule has 2 N–H and O–H groups in total. The molecule has 0 atom stereocenters. The number of carbonyl (C=O) groups is 1. The molecule has 0 aromatic carbocycles. The van der Waals surface area contributed by atoms with E-state index in [0.29, 0.717) is 0 Å². The first-order valence-corrected chi connectivity index (χ1v) is 7.36. The molecule has 0 aliphatic heterocycles. The van der Waals surface area contributed by atoms with E-state index in [2.05, 4.69) is 0 Å². The van der Waals surface area contributed by atoms with Crippen molar-refractivity contribution >= 4 is 16.0 Å². The molecular weight excluding hydrogens is 274 g/mol. The molecule has 1 saturated carbocycles. The number of furan rings is 1. The first-order chi connectivity index (χ1) is 8.96. The molecule has 1 aliphatic carbocycles. The average molecular weight is 289 g/mol. The molecule has 106 valence electrons. The van der Waals surface area contributed by atoms with Gasteiger partial charge in [-0.3, -0.25) is 0 Å². The number of carboxylic acids is 1. The Morgan fingerprint density at radius 3 is 2.53 bits per heavy atom. The van der Waals surface area contributed by atoms with E-state index in [1.807, 2.05) is 0 Å². The summed E-state index contributed by atoms with van der Waals surface area (Å²) in [6, 6.07) is 2.09. The van der Waals surface area contributed by atoms with Crippen molar-refractivity contribution < 1.29 is 27.8 Å². The van der Waals surface area contributed by atoms with Crippen molar-refractivity contribution in [3.63, 3.8) is 0 Å². The predicted molar refractivity (Wildman–Crippen MR) is 64.3 cm³/mol. The van der Waals surface area contributed by atoms with E-state index in [0.717, 1.165) is 31.4 Å². The fourth-order valence-electron chi connectivity index (χ4n) is 1.96. The summed E-state index contributed by atoms with van der Waals surface area (Å²) in [6.07, 6.45) is 2.43. The summed E-state index contributed by atoms with van der Waals surface area (Å²) in [5.41, 5.74) is 0. The highest BCUT2D eigenvalue weighted by Crippen LogP contribution is 2.30. The first-order valence-electron chi connectivity index (χ1n) is 5.92. The van der Waals surface area contributed by atoms with Gasteiger partial charge in [0.1, 0.15) is 0 Å². The molecule has 1 aliphatic rings. The van der Waals surface area contributed by atoms with Crippen LogP contribution in [0.5, 0.6) is 0 Å². The zero-order valence-corrected chi connectivity index (χ0v) is 11.0. The lowest BCUT2D eigenvalue weighted by Gasteiger charge is -2.35. The van der Waals surface area contributed by atoms with Gasteiger partial charge in [0, 0.05) is 12.6 Å². The van der Waals surface area contributed by atoms with Crippen LogP contribution >= 0.6 is 0 Å². The molecule has 1 fully saturated rings. The number of aromatic carboxylic acids is 1. The van der Waals surface area contributed by atoms with E-state index in [4.69, 9.17) is 14.6 Å². The van der Waals surface area contributed by atoms with Gasteiger partial charge in [-0.25, -0.2) is 13.2 Å². The number of rotatable bonds is 6. The minimum absolute atomic E-state index is 0.0178. The highest BCUT2D eigenvalue weighted by molar-refractivity contribution is 7.89. The number of sulfonamides is 1. The molecular formula is C11H15NO6S. The number of hydrogen-bond donors (Lipinski definition) is 2. The van der Waals surface area contributed by atoms with E-state index in [1.54, 1.807) is 0 Å². The Hall–Kier alpha value is -1.38. The normalized spacial score (nSPS) is 16.5. The van der Waals surface area contributed by atoms with Crippen LogP contribution in [0.15, 0.2) is 21.6 Å². The maximum Gasteiger partial charge on any atom is 0.371 e. The van der Waals surface area contributed by atoms with E-state index in [-0.39, 0.29) is 19.2 Å². The van der Waals surface area contributed by atoms with Gasteiger partial charge in [0.15, 0.2) is 0 Å². The molecule has 1 heterocycles. The Morgan fingerprint density at radius 2 is 2.11 bits per heavy atom. The minimum atomic E-state index is -3.89. The van der Waals surface area contributed by atoms with Crippen LogP contribution in [0.3, 0.4) is 0 Å². The molecule has 0 bridgehead atoms. The highest BCUT2D eigenvalue weighted by Gasteiger charge is 2.36. The van der Waals surface area contributed by atoms with E-state index in [1.165, 1.54) is 4.31 Å². The summed E-state index contributed by atoms with van der Waals surface area (Å²) in [6.45, 7) is -0.307. The topological polar surface area (TPSA) is 108 Å². The van der Waals surface area contributed by atoms with Gasteiger partial charge < -0.3 is 14.6 Å². The van der Waals surface area contributed by atoms with Crippen LogP contribution in [0.4, 0.5) is 0 Å². The Balaban J connectivity index is 2.29. The number of carboxylic acid groups (broad SMARTS) is 1. The van der Waals surface area contributed by atoms with Gasteiger partial charge in [0.25, 0.3) is 10.0 Å². The summed E-state index contributed by atoms with van der Waals surface area (Å²) in [5, 5.41) is 17.3. The standard InChI is InChI=1S/C11H15NO6S/c13-7-6-12(8-2-1-3-8)19(16,17)10-5-4-9(18-10)11(14)15/h4-5,8,13H,1-3,6-7H2,(H,14,15). The van der Waals surface area contributed by atoms with Crippen molar-refractivity contribution in [1.29, 1.82) is 0 Å². The van der Waals surface area contributed by atoms with Crippen molar-refractivity contribution in [3.05, 3.63) is 17.9 Å². The second-order valence-corrected chi connectivity index (χ2v) is 6.17. The van der Waals surface area contributed by atoms with Gasteiger partial charge in [-0.15, -0.1) is 0 Å². The van der Waals surface area contributed by atoms with Gasteiger partial charge in [0.05, 0.1) is 6.61 Å². The van der Waals surface area contributed by atoms with Crippen molar-refractivity contribution in [3.8, 4) is 0 Å². The lowest BCUT2D eigenvalue weighted by atomic mass is 9.93. The third-order valence-corrected chi connectivity index (χ3v) is 4.98. The van der Waals surface area contributed by atoms with E-state index < -0.39 is 26.8 Å². The lowest BCUT2D eigenvalue weighted by Crippen LogP contribution is -2.45. The van der Waals surface area contributed by atoms with Crippen LogP contribution in [0.25, 0.3) is 0 Å². The zero-order chi connectivity index (χ0) is 14.0. The summed E-state index contributed by atoms with van der Waals surface area (Å²) >= 11 is 0. The Kier molecular flexibility index (Phi) is 3.93. The van der Waals surface area contributed by atoms with Crippen LogP contribution in [0, 0.1) is 0 Å². The fraction of sp³-hybridized carbons (Fsp3) is 0.545. The summed E-state index contributed by atoms with van der Waals surface area (Å²) in [7, 11) is -3.89. The van der Waals surface area contributed by atoms with Gasteiger partial charge >= 0.3 is 5.97 Å². The average Bonchev–Trinajstić information content (AvgIpc) is 2.75. The van der Waals surface area contributed by atoms with Gasteiger partial charge in [0.2, 0.25) is 10.9 Å². The van der Waals surface area contributed by atoms with Gasteiger partial charge in [-0.05, 0) is 25.0 Å². The van der Waals surface area contributed by atoms with Crippen LogP contribution in [-0.2, 0) is 10.0 Å². The van der Waals surface area contributed by atoms with Crippen molar-refractivity contribution in [2.24, 2.45) is 0 Å². The zero-order valence-electron chi connectivity index (χ0n) is 10.2. The molecule has 1 aromatic heterocycles. The van der Waals surface area contributed by atoms with Gasteiger partial charge in [-0.2, -0.15) is 4.31 Å².